The number of aryl methyl sites for hydroxylation is 1. The second-order valence-corrected chi connectivity index (χ2v) is 7.16. The summed E-state index contributed by atoms with van der Waals surface area (Å²) < 4.78 is 21.1. The van der Waals surface area contributed by atoms with Gasteiger partial charge in [-0.05, 0) is 47.3 Å². The highest BCUT2D eigenvalue weighted by molar-refractivity contribution is 7.10. The molecule has 0 unspecified atom stereocenters. The van der Waals surface area contributed by atoms with Gasteiger partial charge in [-0.3, -0.25) is 0 Å². The van der Waals surface area contributed by atoms with Crippen molar-refractivity contribution in [3.63, 3.8) is 0 Å². The third-order valence-corrected chi connectivity index (χ3v) is 5.42. The molecule has 0 saturated heterocycles. The van der Waals surface area contributed by atoms with Gasteiger partial charge >= 0.3 is 0 Å². The number of hydrogen-bond donors (Lipinski definition) is 1. The van der Waals surface area contributed by atoms with Crippen molar-refractivity contribution >= 4 is 11.5 Å². The van der Waals surface area contributed by atoms with Crippen LogP contribution in [0.3, 0.4) is 0 Å². The van der Waals surface area contributed by atoms with Gasteiger partial charge in [-0.2, -0.15) is 4.37 Å². The van der Waals surface area contributed by atoms with E-state index in [-0.39, 0.29) is 5.75 Å². The second-order valence-electron chi connectivity index (χ2n) is 6.36. The molecule has 1 N–H and O–H groups in total. The molecule has 2 aromatic carbocycles. The molecule has 27 heavy (non-hydrogen) atoms. The van der Waals surface area contributed by atoms with Crippen LogP contribution < -0.4 is 14.2 Å². The van der Waals surface area contributed by atoms with Crippen molar-refractivity contribution in [1.29, 1.82) is 0 Å². The SMILES string of the molecule is CCCc1cc(-c2sncc2-c2ccc3c(c2)OCCO3)c(O)cc1OC. The maximum absolute atomic E-state index is 10.6. The summed E-state index contributed by atoms with van der Waals surface area (Å²) in [6, 6.07) is 9.57. The van der Waals surface area contributed by atoms with Gasteiger partial charge in [0, 0.05) is 23.4 Å². The fourth-order valence-electron chi connectivity index (χ4n) is 3.30. The normalized spacial score (nSPS) is 12.8. The molecule has 5 nitrogen and oxygen atoms in total. The van der Waals surface area contributed by atoms with Crippen LogP contribution >= 0.6 is 11.5 Å². The minimum Gasteiger partial charge on any atom is -0.507 e. The first kappa shape index (κ1) is 17.7. The lowest BCUT2D eigenvalue weighted by Crippen LogP contribution is -2.15. The minimum absolute atomic E-state index is 0.190. The second kappa shape index (κ2) is 7.48. The summed E-state index contributed by atoms with van der Waals surface area (Å²) in [6.07, 6.45) is 3.71. The molecule has 6 heteroatoms. The Morgan fingerprint density at radius 1 is 1.11 bits per heavy atom. The summed E-state index contributed by atoms with van der Waals surface area (Å²) in [6.45, 7) is 3.24. The zero-order valence-electron chi connectivity index (χ0n) is 15.3. The van der Waals surface area contributed by atoms with E-state index in [2.05, 4.69) is 11.3 Å². The molecular formula is C21H21NO4S. The molecule has 2 heterocycles. The zero-order valence-corrected chi connectivity index (χ0v) is 16.1. The predicted octanol–water partition coefficient (Wildman–Crippen LogP) is 4.92. The van der Waals surface area contributed by atoms with Crippen molar-refractivity contribution in [3.8, 4) is 44.6 Å². The summed E-state index contributed by atoms with van der Waals surface area (Å²) in [5, 5.41) is 10.6. The third kappa shape index (κ3) is 3.32. The van der Waals surface area contributed by atoms with Gasteiger partial charge in [0.05, 0.1) is 12.0 Å². The Kier molecular flexibility index (Phi) is 4.90. The molecule has 0 spiro atoms. The van der Waals surface area contributed by atoms with Crippen LogP contribution in [0.15, 0.2) is 36.5 Å². The van der Waals surface area contributed by atoms with Crippen molar-refractivity contribution in [2.24, 2.45) is 0 Å². The van der Waals surface area contributed by atoms with E-state index in [0.717, 1.165) is 51.5 Å². The van der Waals surface area contributed by atoms with Gasteiger partial charge in [-0.15, -0.1) is 0 Å². The summed E-state index contributed by atoms with van der Waals surface area (Å²) in [5.74, 6) is 2.40. The van der Waals surface area contributed by atoms with Crippen molar-refractivity contribution in [2.75, 3.05) is 20.3 Å². The monoisotopic (exact) mass is 383 g/mol. The van der Waals surface area contributed by atoms with Gasteiger partial charge in [0.2, 0.25) is 0 Å². The summed E-state index contributed by atoms with van der Waals surface area (Å²) in [4.78, 5) is 0.921. The topological polar surface area (TPSA) is 60.8 Å². The zero-order chi connectivity index (χ0) is 18.8. The number of benzene rings is 2. The Balaban J connectivity index is 1.79. The minimum atomic E-state index is 0.190. The van der Waals surface area contributed by atoms with Crippen LogP contribution in [-0.2, 0) is 6.42 Å². The van der Waals surface area contributed by atoms with E-state index < -0.39 is 0 Å². The Labute approximate surface area is 162 Å². The summed E-state index contributed by atoms with van der Waals surface area (Å²) in [7, 11) is 1.63. The van der Waals surface area contributed by atoms with Crippen LogP contribution in [0.25, 0.3) is 21.6 Å². The van der Waals surface area contributed by atoms with E-state index in [0.29, 0.717) is 19.0 Å². The number of methoxy groups -OCH3 is 1. The van der Waals surface area contributed by atoms with Gasteiger partial charge in [-0.1, -0.05) is 19.4 Å². The molecule has 0 radical (unpaired) electrons. The van der Waals surface area contributed by atoms with Gasteiger partial charge in [-0.25, -0.2) is 0 Å². The number of rotatable bonds is 5. The van der Waals surface area contributed by atoms with Gasteiger partial charge in [0.1, 0.15) is 24.7 Å². The van der Waals surface area contributed by atoms with Crippen molar-refractivity contribution in [2.45, 2.75) is 19.8 Å². The van der Waals surface area contributed by atoms with Crippen molar-refractivity contribution < 1.29 is 19.3 Å². The molecule has 0 saturated carbocycles. The number of nitrogens with zero attached hydrogens (tertiary/aromatic N) is 1. The molecule has 1 aromatic heterocycles. The quantitative estimate of drug-likeness (QED) is 0.678. The smallest absolute Gasteiger partial charge is 0.161 e. The molecule has 0 atom stereocenters. The van der Waals surface area contributed by atoms with Crippen LogP contribution in [0.4, 0.5) is 0 Å². The van der Waals surface area contributed by atoms with Gasteiger partial charge < -0.3 is 19.3 Å². The van der Waals surface area contributed by atoms with E-state index in [1.807, 2.05) is 30.5 Å². The largest absolute Gasteiger partial charge is 0.507 e. The first-order valence-corrected chi connectivity index (χ1v) is 9.73. The molecule has 0 amide bonds. The lowest BCUT2D eigenvalue weighted by molar-refractivity contribution is 0.171. The van der Waals surface area contributed by atoms with Crippen molar-refractivity contribution in [1.82, 2.24) is 4.37 Å². The van der Waals surface area contributed by atoms with Crippen LogP contribution in [0, 0.1) is 0 Å². The summed E-state index contributed by atoms with van der Waals surface area (Å²) in [5.41, 5.74) is 3.79. The Morgan fingerprint density at radius 2 is 1.93 bits per heavy atom. The van der Waals surface area contributed by atoms with Gasteiger partial charge in [0.15, 0.2) is 11.5 Å². The van der Waals surface area contributed by atoms with Crippen LogP contribution in [0.5, 0.6) is 23.0 Å². The van der Waals surface area contributed by atoms with E-state index in [4.69, 9.17) is 14.2 Å². The number of ether oxygens (including phenoxy) is 3. The Morgan fingerprint density at radius 3 is 2.70 bits per heavy atom. The average Bonchev–Trinajstić information content (AvgIpc) is 3.18. The van der Waals surface area contributed by atoms with Gasteiger partial charge in [0.25, 0.3) is 0 Å². The highest BCUT2D eigenvalue weighted by Crippen LogP contribution is 2.44. The van der Waals surface area contributed by atoms with Crippen molar-refractivity contribution in [3.05, 3.63) is 42.1 Å². The maximum atomic E-state index is 10.6. The lowest BCUT2D eigenvalue weighted by atomic mass is 9.99. The third-order valence-electron chi connectivity index (χ3n) is 4.59. The first-order chi connectivity index (χ1) is 13.2. The molecule has 0 fully saturated rings. The highest BCUT2D eigenvalue weighted by atomic mass is 32.1. The van der Waals surface area contributed by atoms with Crippen LogP contribution in [0.2, 0.25) is 0 Å². The lowest BCUT2D eigenvalue weighted by Gasteiger charge is -2.19. The van der Waals surface area contributed by atoms with Crippen LogP contribution in [-0.4, -0.2) is 29.8 Å². The van der Waals surface area contributed by atoms with Crippen LogP contribution in [0.1, 0.15) is 18.9 Å². The molecule has 140 valence electrons. The fraction of sp³-hybridized carbons (Fsp3) is 0.286. The number of phenols is 1. The number of hydrogen-bond acceptors (Lipinski definition) is 6. The molecule has 0 aliphatic carbocycles. The van der Waals surface area contributed by atoms with E-state index in [1.165, 1.54) is 11.5 Å². The number of aromatic hydroxyl groups is 1. The van der Waals surface area contributed by atoms with E-state index >= 15 is 0 Å². The first-order valence-electron chi connectivity index (χ1n) is 8.96. The molecule has 1 aliphatic heterocycles. The van der Waals surface area contributed by atoms with E-state index in [1.54, 1.807) is 13.2 Å². The molecular weight excluding hydrogens is 362 g/mol. The standard InChI is InChI=1S/C21H21NO4S/c1-3-4-14-9-15(17(23)11-19(14)24-2)21-16(12-22-27-21)13-5-6-18-20(10-13)26-8-7-25-18/h5-6,9-12,23H,3-4,7-8H2,1-2H3. The average molecular weight is 383 g/mol. The number of phenolic OH excluding ortho intramolecular Hbond substituents is 1. The molecule has 3 aromatic rings. The number of fused-ring (bicyclic) bond motifs is 1. The Hall–Kier alpha value is -2.73. The molecule has 0 bridgehead atoms. The highest BCUT2D eigenvalue weighted by Gasteiger charge is 2.19. The fourth-order valence-corrected chi connectivity index (χ4v) is 4.10. The summed E-state index contributed by atoms with van der Waals surface area (Å²) >= 11 is 1.37. The van der Waals surface area contributed by atoms with E-state index in [9.17, 15) is 5.11 Å². The molecule has 1 aliphatic rings. The molecule has 4 rings (SSSR count). The maximum Gasteiger partial charge on any atom is 0.161 e. The predicted molar refractivity (Wildman–Crippen MR) is 106 cm³/mol. The Bertz CT molecular complexity index is 967. The number of aromatic nitrogens is 1.